The van der Waals surface area contributed by atoms with E-state index in [2.05, 4.69) is 17.3 Å². The monoisotopic (exact) mass is 271 g/mol. The topological polar surface area (TPSA) is 56.1 Å². The second-order valence-electron chi connectivity index (χ2n) is 6.37. The number of hydrogen-bond acceptors (Lipinski definition) is 3. The van der Waals surface area contributed by atoms with Crippen LogP contribution in [0.5, 0.6) is 0 Å². The third-order valence-corrected chi connectivity index (χ3v) is 5.27. The van der Waals surface area contributed by atoms with Crippen molar-refractivity contribution in [1.82, 2.24) is 10.2 Å². The average molecular weight is 271 g/mol. The molecule has 3 rings (SSSR count). The van der Waals surface area contributed by atoms with E-state index >= 15 is 0 Å². The summed E-state index contributed by atoms with van der Waals surface area (Å²) in [5.41, 5.74) is 0. The van der Waals surface area contributed by atoms with Gasteiger partial charge in [0, 0.05) is 6.04 Å². The van der Waals surface area contributed by atoms with Crippen molar-refractivity contribution in [1.29, 1.82) is 5.26 Å². The zero-order valence-corrected chi connectivity index (χ0v) is 11.7. The summed E-state index contributed by atoms with van der Waals surface area (Å²) in [6.45, 7) is 0.324. The van der Waals surface area contributed by atoms with Gasteiger partial charge in [0.05, 0.1) is 18.7 Å². The Kier molecular flexibility index (Phi) is 3.68. The summed E-state index contributed by atoms with van der Waals surface area (Å²) in [6.07, 6.45) is 12.1. The molecule has 1 N–H and O–H groups in total. The quantitative estimate of drug-likeness (QED) is 0.787. The van der Waals surface area contributed by atoms with Crippen LogP contribution in [-0.4, -0.2) is 35.5 Å². The molecule has 3 fully saturated rings. The van der Waals surface area contributed by atoms with Crippen LogP contribution in [0.1, 0.15) is 38.5 Å². The minimum atomic E-state index is -0.342. The number of nitriles is 1. The third kappa shape index (κ3) is 2.30. The van der Waals surface area contributed by atoms with Crippen LogP contribution in [0.25, 0.3) is 0 Å². The Morgan fingerprint density at radius 2 is 2.05 bits per heavy atom. The summed E-state index contributed by atoms with van der Waals surface area (Å²) in [6, 6.07) is 2.14. The molecule has 20 heavy (non-hydrogen) atoms. The smallest absolute Gasteiger partial charge is 0.238 e. The number of rotatable bonds is 3. The maximum atomic E-state index is 12.4. The molecule has 2 saturated carbocycles. The molecule has 1 aliphatic heterocycles. The van der Waals surface area contributed by atoms with Crippen molar-refractivity contribution in [2.45, 2.75) is 56.7 Å². The van der Waals surface area contributed by atoms with Gasteiger partial charge in [-0.15, -0.1) is 6.42 Å². The van der Waals surface area contributed by atoms with Gasteiger partial charge in [0.15, 0.2) is 0 Å². The Morgan fingerprint density at radius 1 is 1.25 bits per heavy atom. The fourth-order valence-electron chi connectivity index (χ4n) is 4.25. The Hall–Kier alpha value is -1.52. The molecule has 3 aliphatic rings. The highest BCUT2D eigenvalue weighted by atomic mass is 16.2. The van der Waals surface area contributed by atoms with Gasteiger partial charge in [0.1, 0.15) is 6.04 Å². The van der Waals surface area contributed by atoms with E-state index in [4.69, 9.17) is 11.7 Å². The van der Waals surface area contributed by atoms with Gasteiger partial charge in [-0.25, -0.2) is 0 Å². The van der Waals surface area contributed by atoms with Gasteiger partial charge in [0.2, 0.25) is 5.91 Å². The standard InChI is InChI=1S/C16H21N3O/c1-2-13-5-6-14(9-17)19(13)16(20)10-18-15-8-11-3-4-12(15)7-11/h1,11-15,18H,3-8,10H2/t11-,12-,13-,14-,15+/m0/s1. The van der Waals surface area contributed by atoms with Crippen molar-refractivity contribution in [3.63, 3.8) is 0 Å². The minimum Gasteiger partial charge on any atom is -0.312 e. The second-order valence-corrected chi connectivity index (χ2v) is 6.37. The molecule has 4 heteroatoms. The van der Waals surface area contributed by atoms with E-state index in [0.29, 0.717) is 19.0 Å². The molecule has 0 aromatic rings. The maximum absolute atomic E-state index is 12.4. The minimum absolute atomic E-state index is 0.0141. The van der Waals surface area contributed by atoms with Crippen LogP contribution >= 0.6 is 0 Å². The van der Waals surface area contributed by atoms with E-state index in [1.54, 1.807) is 4.90 Å². The predicted molar refractivity (Wildman–Crippen MR) is 75.3 cm³/mol. The lowest BCUT2D eigenvalue weighted by molar-refractivity contribution is -0.131. The number of nitrogens with one attached hydrogen (secondary N) is 1. The zero-order valence-electron chi connectivity index (χ0n) is 11.7. The highest BCUT2D eigenvalue weighted by Gasteiger charge is 2.40. The third-order valence-electron chi connectivity index (χ3n) is 5.27. The van der Waals surface area contributed by atoms with Crippen molar-refractivity contribution >= 4 is 5.91 Å². The molecule has 0 aromatic heterocycles. The first-order chi connectivity index (χ1) is 9.72. The van der Waals surface area contributed by atoms with Gasteiger partial charge in [-0.3, -0.25) is 4.79 Å². The van der Waals surface area contributed by atoms with E-state index < -0.39 is 0 Å². The molecule has 106 valence electrons. The predicted octanol–water partition coefficient (Wildman–Crippen LogP) is 1.28. The molecule has 0 unspecified atom stereocenters. The average Bonchev–Trinajstić information content (AvgIpc) is 3.17. The normalized spacial score (nSPS) is 38.7. The van der Waals surface area contributed by atoms with Gasteiger partial charge in [-0.2, -0.15) is 5.26 Å². The Bertz CT molecular complexity index is 453. The second kappa shape index (κ2) is 5.46. The maximum Gasteiger partial charge on any atom is 0.238 e. The molecule has 2 bridgehead atoms. The first-order valence-corrected chi connectivity index (χ1v) is 7.63. The van der Waals surface area contributed by atoms with Crippen molar-refractivity contribution in [3.8, 4) is 18.4 Å². The largest absolute Gasteiger partial charge is 0.312 e. The number of terminal acetylenes is 1. The molecule has 0 spiro atoms. The number of fused-ring (bicyclic) bond motifs is 2. The molecule has 4 nitrogen and oxygen atoms in total. The van der Waals surface area contributed by atoms with Crippen LogP contribution in [0.15, 0.2) is 0 Å². The summed E-state index contributed by atoms with van der Waals surface area (Å²) < 4.78 is 0. The fraction of sp³-hybridized carbons (Fsp3) is 0.750. The van der Waals surface area contributed by atoms with E-state index in [1.807, 2.05) is 0 Å². The number of likely N-dealkylation sites (tertiary alicyclic amines) is 1. The van der Waals surface area contributed by atoms with Crippen LogP contribution in [0, 0.1) is 35.5 Å². The lowest BCUT2D eigenvalue weighted by atomic mass is 9.95. The van der Waals surface area contributed by atoms with Crippen LogP contribution in [0.2, 0.25) is 0 Å². The van der Waals surface area contributed by atoms with Crippen LogP contribution < -0.4 is 5.32 Å². The van der Waals surface area contributed by atoms with Gasteiger partial charge < -0.3 is 10.2 Å². The van der Waals surface area contributed by atoms with Crippen molar-refractivity contribution in [2.75, 3.05) is 6.54 Å². The van der Waals surface area contributed by atoms with Crippen LogP contribution in [0.3, 0.4) is 0 Å². The Balaban J connectivity index is 1.56. The van der Waals surface area contributed by atoms with Gasteiger partial charge >= 0.3 is 0 Å². The highest BCUT2D eigenvalue weighted by molar-refractivity contribution is 5.80. The number of amides is 1. The van der Waals surface area contributed by atoms with Crippen LogP contribution in [0.4, 0.5) is 0 Å². The van der Waals surface area contributed by atoms with Crippen molar-refractivity contribution in [2.24, 2.45) is 11.8 Å². The van der Waals surface area contributed by atoms with Gasteiger partial charge in [-0.1, -0.05) is 12.3 Å². The van der Waals surface area contributed by atoms with Crippen molar-refractivity contribution < 1.29 is 4.79 Å². The summed E-state index contributed by atoms with van der Waals surface area (Å²) in [5.74, 6) is 4.24. The Morgan fingerprint density at radius 3 is 2.65 bits per heavy atom. The number of hydrogen-bond donors (Lipinski definition) is 1. The first-order valence-electron chi connectivity index (χ1n) is 7.63. The number of carbonyl (C=O) groups is 1. The van der Waals surface area contributed by atoms with E-state index in [-0.39, 0.29) is 18.0 Å². The lowest BCUT2D eigenvalue weighted by Crippen LogP contribution is -2.47. The van der Waals surface area contributed by atoms with E-state index in [9.17, 15) is 4.79 Å². The molecule has 5 atom stereocenters. The number of nitrogens with zero attached hydrogens (tertiary/aromatic N) is 2. The Labute approximate surface area is 120 Å². The molecule has 1 saturated heterocycles. The molecule has 0 radical (unpaired) electrons. The fourth-order valence-corrected chi connectivity index (χ4v) is 4.25. The zero-order chi connectivity index (χ0) is 14.1. The van der Waals surface area contributed by atoms with Gasteiger partial charge in [0.25, 0.3) is 0 Å². The van der Waals surface area contributed by atoms with Gasteiger partial charge in [-0.05, 0) is 43.9 Å². The summed E-state index contributed by atoms with van der Waals surface area (Å²) in [4.78, 5) is 14.0. The molecule has 0 aromatic carbocycles. The molecular formula is C16H21N3O. The highest BCUT2D eigenvalue weighted by Crippen LogP contribution is 2.44. The van der Waals surface area contributed by atoms with Crippen molar-refractivity contribution in [3.05, 3.63) is 0 Å². The summed E-state index contributed by atoms with van der Waals surface area (Å²) in [7, 11) is 0. The molecular weight excluding hydrogens is 250 g/mol. The summed E-state index contributed by atoms with van der Waals surface area (Å²) >= 11 is 0. The van der Waals surface area contributed by atoms with E-state index in [1.165, 1.54) is 25.7 Å². The first kappa shape index (κ1) is 13.5. The van der Waals surface area contributed by atoms with Crippen LogP contribution in [-0.2, 0) is 4.79 Å². The molecule has 2 aliphatic carbocycles. The summed E-state index contributed by atoms with van der Waals surface area (Å²) in [5, 5.41) is 12.5. The lowest BCUT2D eigenvalue weighted by Gasteiger charge is -2.27. The number of carbonyl (C=O) groups excluding carboxylic acids is 1. The van der Waals surface area contributed by atoms with E-state index in [0.717, 1.165) is 18.3 Å². The SMILES string of the molecule is C#C[C@H]1CC[C@@H](C#N)N1C(=O)CN[C@@H]1C[C@H]2CC[C@H]1C2. The molecule has 1 heterocycles. The molecule has 1 amide bonds.